The van der Waals surface area contributed by atoms with E-state index < -0.39 is 0 Å². The Morgan fingerprint density at radius 2 is 2.29 bits per heavy atom. The summed E-state index contributed by atoms with van der Waals surface area (Å²) >= 11 is 0. The number of piperidine rings is 1. The van der Waals surface area contributed by atoms with Gasteiger partial charge in [0.15, 0.2) is 0 Å². The second kappa shape index (κ2) is 4.75. The van der Waals surface area contributed by atoms with Gasteiger partial charge >= 0.3 is 0 Å². The molecule has 1 fully saturated rings. The number of carbonyl (C=O) groups excluding carboxylic acids is 1. The summed E-state index contributed by atoms with van der Waals surface area (Å²) in [5.41, 5.74) is 5.87. The molecule has 3 atom stereocenters. The van der Waals surface area contributed by atoms with E-state index in [1.54, 1.807) is 7.05 Å². The van der Waals surface area contributed by atoms with Crippen molar-refractivity contribution in [3.05, 3.63) is 0 Å². The lowest BCUT2D eigenvalue weighted by molar-refractivity contribution is -0.126. The van der Waals surface area contributed by atoms with Crippen molar-refractivity contribution in [2.75, 3.05) is 13.6 Å². The Morgan fingerprint density at radius 3 is 2.79 bits per heavy atom. The van der Waals surface area contributed by atoms with Gasteiger partial charge in [-0.25, -0.2) is 0 Å². The van der Waals surface area contributed by atoms with Crippen LogP contribution in [0.15, 0.2) is 0 Å². The Hall–Kier alpha value is -0.610. The van der Waals surface area contributed by atoms with Crippen LogP contribution in [0.2, 0.25) is 0 Å². The van der Waals surface area contributed by atoms with Crippen molar-refractivity contribution >= 4 is 5.91 Å². The molecule has 1 heterocycles. The lowest BCUT2D eigenvalue weighted by atomic mass is 9.97. The van der Waals surface area contributed by atoms with E-state index in [1.165, 1.54) is 0 Å². The van der Waals surface area contributed by atoms with Crippen molar-refractivity contribution in [2.24, 2.45) is 5.73 Å². The molecule has 4 heteroatoms. The van der Waals surface area contributed by atoms with E-state index in [0.29, 0.717) is 12.1 Å². The summed E-state index contributed by atoms with van der Waals surface area (Å²) in [6, 6.07) is 0.673. The Kier molecular flexibility index (Phi) is 3.89. The molecule has 3 unspecified atom stereocenters. The van der Waals surface area contributed by atoms with Gasteiger partial charge in [-0.2, -0.15) is 0 Å². The van der Waals surface area contributed by atoms with Crippen LogP contribution in [0.1, 0.15) is 26.7 Å². The van der Waals surface area contributed by atoms with Crippen molar-refractivity contribution < 1.29 is 4.79 Å². The van der Waals surface area contributed by atoms with E-state index in [2.05, 4.69) is 17.1 Å². The van der Waals surface area contributed by atoms with Crippen molar-refractivity contribution in [3.8, 4) is 0 Å². The molecule has 0 aromatic rings. The van der Waals surface area contributed by atoms with Crippen LogP contribution >= 0.6 is 0 Å². The van der Waals surface area contributed by atoms with Crippen LogP contribution in [0.25, 0.3) is 0 Å². The number of likely N-dealkylation sites (N-methyl/N-ethyl adjacent to an activating group) is 1. The van der Waals surface area contributed by atoms with E-state index in [0.717, 1.165) is 19.4 Å². The molecule has 1 amide bonds. The number of nitrogens with zero attached hydrogens (tertiary/aromatic N) is 1. The predicted molar refractivity (Wildman–Crippen MR) is 56.9 cm³/mol. The molecule has 14 heavy (non-hydrogen) atoms. The molecule has 82 valence electrons. The van der Waals surface area contributed by atoms with E-state index >= 15 is 0 Å². The number of rotatable bonds is 2. The summed E-state index contributed by atoms with van der Waals surface area (Å²) in [7, 11) is 1.68. The van der Waals surface area contributed by atoms with Gasteiger partial charge in [0.1, 0.15) is 0 Å². The van der Waals surface area contributed by atoms with Crippen LogP contribution in [-0.2, 0) is 4.79 Å². The normalized spacial score (nSPS) is 31.1. The zero-order valence-electron chi connectivity index (χ0n) is 9.29. The summed E-state index contributed by atoms with van der Waals surface area (Å²) in [5.74, 6) is 0.0901. The quantitative estimate of drug-likeness (QED) is 0.654. The van der Waals surface area contributed by atoms with Gasteiger partial charge in [-0.1, -0.05) is 0 Å². The van der Waals surface area contributed by atoms with Gasteiger partial charge in [-0.15, -0.1) is 0 Å². The standard InChI is InChI=1S/C10H21N3O/c1-7-6-9(11)4-5-13(7)8(2)10(14)12-3/h7-9H,4-6,11H2,1-3H3,(H,12,14). The Bertz CT molecular complexity index is 208. The number of nitrogens with two attached hydrogens (primary N) is 1. The molecule has 1 rings (SSSR count). The first kappa shape index (κ1) is 11.5. The van der Waals surface area contributed by atoms with E-state index in [1.807, 2.05) is 6.92 Å². The van der Waals surface area contributed by atoms with Crippen LogP contribution in [0.3, 0.4) is 0 Å². The summed E-state index contributed by atoms with van der Waals surface area (Å²) < 4.78 is 0. The molecule has 0 radical (unpaired) electrons. The number of nitrogens with one attached hydrogen (secondary N) is 1. The molecule has 0 spiro atoms. The van der Waals surface area contributed by atoms with Gasteiger partial charge in [-0.05, 0) is 26.7 Å². The first-order valence-electron chi connectivity index (χ1n) is 5.29. The highest BCUT2D eigenvalue weighted by Gasteiger charge is 2.29. The zero-order chi connectivity index (χ0) is 10.7. The molecular formula is C10H21N3O. The monoisotopic (exact) mass is 199 g/mol. The Balaban J connectivity index is 2.55. The topological polar surface area (TPSA) is 58.4 Å². The third-order valence-electron chi connectivity index (χ3n) is 3.09. The van der Waals surface area contributed by atoms with E-state index in [9.17, 15) is 4.79 Å². The average molecular weight is 199 g/mol. The van der Waals surface area contributed by atoms with Crippen LogP contribution in [-0.4, -0.2) is 42.5 Å². The maximum atomic E-state index is 11.5. The first-order chi connectivity index (χ1) is 6.56. The maximum absolute atomic E-state index is 11.5. The van der Waals surface area contributed by atoms with Crippen molar-refractivity contribution in [1.29, 1.82) is 0 Å². The minimum Gasteiger partial charge on any atom is -0.358 e. The minimum atomic E-state index is -0.0394. The second-order valence-electron chi connectivity index (χ2n) is 4.16. The van der Waals surface area contributed by atoms with Crippen LogP contribution in [0.5, 0.6) is 0 Å². The van der Waals surface area contributed by atoms with E-state index in [4.69, 9.17) is 5.73 Å². The Labute approximate surface area is 85.8 Å². The lowest BCUT2D eigenvalue weighted by Gasteiger charge is -2.39. The maximum Gasteiger partial charge on any atom is 0.236 e. The predicted octanol–water partition coefficient (Wildman–Crippen LogP) is -0.0675. The highest BCUT2D eigenvalue weighted by atomic mass is 16.2. The summed E-state index contributed by atoms with van der Waals surface area (Å²) in [5, 5.41) is 2.68. The number of likely N-dealkylation sites (tertiary alicyclic amines) is 1. The van der Waals surface area contributed by atoms with Gasteiger partial charge in [0.05, 0.1) is 6.04 Å². The van der Waals surface area contributed by atoms with Gasteiger partial charge in [0, 0.05) is 25.7 Å². The first-order valence-corrected chi connectivity index (χ1v) is 5.29. The van der Waals surface area contributed by atoms with E-state index in [-0.39, 0.29) is 11.9 Å². The van der Waals surface area contributed by atoms with Gasteiger partial charge < -0.3 is 11.1 Å². The largest absolute Gasteiger partial charge is 0.358 e. The molecule has 0 bridgehead atoms. The third kappa shape index (κ3) is 2.45. The third-order valence-corrected chi connectivity index (χ3v) is 3.09. The van der Waals surface area contributed by atoms with Crippen molar-refractivity contribution in [1.82, 2.24) is 10.2 Å². The summed E-state index contributed by atoms with van der Waals surface area (Å²) in [6.45, 7) is 5.02. The molecule has 0 aliphatic carbocycles. The van der Waals surface area contributed by atoms with Crippen LogP contribution in [0, 0.1) is 0 Å². The van der Waals surface area contributed by atoms with Gasteiger partial charge in [0.25, 0.3) is 0 Å². The highest BCUT2D eigenvalue weighted by Crippen LogP contribution is 2.18. The summed E-state index contributed by atoms with van der Waals surface area (Å²) in [4.78, 5) is 13.7. The SMILES string of the molecule is CNC(=O)C(C)N1CCC(N)CC1C. The fourth-order valence-corrected chi connectivity index (χ4v) is 2.16. The van der Waals surface area contributed by atoms with Gasteiger partial charge in [0.2, 0.25) is 5.91 Å². The smallest absolute Gasteiger partial charge is 0.236 e. The average Bonchev–Trinajstić information content (AvgIpc) is 2.15. The van der Waals surface area contributed by atoms with Crippen LogP contribution in [0.4, 0.5) is 0 Å². The zero-order valence-corrected chi connectivity index (χ0v) is 9.29. The highest BCUT2D eigenvalue weighted by molar-refractivity contribution is 5.81. The number of amides is 1. The molecule has 0 aromatic carbocycles. The molecular weight excluding hydrogens is 178 g/mol. The van der Waals surface area contributed by atoms with Crippen LogP contribution < -0.4 is 11.1 Å². The molecule has 1 aliphatic heterocycles. The lowest BCUT2D eigenvalue weighted by Crippen LogP contribution is -2.53. The Morgan fingerprint density at radius 1 is 1.64 bits per heavy atom. The fourth-order valence-electron chi connectivity index (χ4n) is 2.16. The molecule has 0 saturated carbocycles. The second-order valence-corrected chi connectivity index (χ2v) is 4.16. The number of carbonyl (C=O) groups is 1. The number of hydrogen-bond acceptors (Lipinski definition) is 3. The number of hydrogen-bond donors (Lipinski definition) is 2. The molecule has 0 aromatic heterocycles. The van der Waals surface area contributed by atoms with Crippen molar-refractivity contribution in [2.45, 2.75) is 44.8 Å². The van der Waals surface area contributed by atoms with Gasteiger partial charge in [-0.3, -0.25) is 9.69 Å². The fraction of sp³-hybridized carbons (Fsp3) is 0.900. The summed E-state index contributed by atoms with van der Waals surface area (Å²) in [6.07, 6.45) is 1.98. The molecule has 3 N–H and O–H groups in total. The minimum absolute atomic E-state index is 0.0394. The molecule has 1 aliphatic rings. The molecule has 4 nitrogen and oxygen atoms in total. The van der Waals surface area contributed by atoms with Crippen molar-refractivity contribution in [3.63, 3.8) is 0 Å². The molecule has 1 saturated heterocycles.